The number of thiazole rings is 1. The summed E-state index contributed by atoms with van der Waals surface area (Å²) in [5.41, 5.74) is 2.90. The van der Waals surface area contributed by atoms with Crippen LogP contribution >= 0.6 is 46.8 Å². The van der Waals surface area contributed by atoms with E-state index in [1.165, 1.54) is 0 Å². The van der Waals surface area contributed by atoms with Gasteiger partial charge in [-0.05, 0) is 36.5 Å². The number of para-hydroxylation sites is 1. The number of thiocarbonyl (C=S) groups is 1. The van der Waals surface area contributed by atoms with Crippen LogP contribution in [0.5, 0.6) is 0 Å². The molecule has 144 valence electrons. The summed E-state index contributed by atoms with van der Waals surface area (Å²) in [6.45, 7) is 3.42. The number of halogens is 2. The van der Waals surface area contributed by atoms with Gasteiger partial charge in [-0.1, -0.05) is 47.5 Å². The van der Waals surface area contributed by atoms with E-state index in [2.05, 4.69) is 20.5 Å². The minimum absolute atomic E-state index is 0.668. The van der Waals surface area contributed by atoms with Gasteiger partial charge >= 0.3 is 0 Å². The number of nitrogens with zero attached hydrogens (tertiary/aromatic N) is 3. The molecule has 3 aromatic rings. The highest BCUT2D eigenvalue weighted by molar-refractivity contribution is 7.80. The Labute approximate surface area is 183 Å². The van der Waals surface area contributed by atoms with E-state index < -0.39 is 0 Å². The third kappa shape index (κ3) is 4.41. The average molecular weight is 449 g/mol. The summed E-state index contributed by atoms with van der Waals surface area (Å²) in [5.74, 6) is 0. The zero-order valence-corrected chi connectivity index (χ0v) is 18.1. The lowest BCUT2D eigenvalue weighted by Crippen LogP contribution is -2.50. The Morgan fingerprint density at radius 2 is 1.71 bits per heavy atom. The van der Waals surface area contributed by atoms with Crippen molar-refractivity contribution in [3.05, 3.63) is 64.0 Å². The number of benzene rings is 2. The van der Waals surface area contributed by atoms with Gasteiger partial charge in [0.1, 0.15) is 0 Å². The van der Waals surface area contributed by atoms with Crippen LogP contribution in [0.4, 0.5) is 10.8 Å². The molecular formula is C20H18Cl2N4S2. The maximum absolute atomic E-state index is 6.21. The van der Waals surface area contributed by atoms with E-state index in [1.807, 2.05) is 48.5 Å². The largest absolute Gasteiger partial charge is 0.345 e. The second-order valence-electron chi connectivity index (χ2n) is 6.41. The van der Waals surface area contributed by atoms with Gasteiger partial charge in [-0.2, -0.15) is 0 Å². The van der Waals surface area contributed by atoms with Gasteiger partial charge in [-0.3, -0.25) is 0 Å². The first kappa shape index (κ1) is 19.5. The van der Waals surface area contributed by atoms with Crippen molar-refractivity contribution in [1.82, 2.24) is 9.88 Å². The predicted molar refractivity (Wildman–Crippen MR) is 124 cm³/mol. The summed E-state index contributed by atoms with van der Waals surface area (Å²) in [6.07, 6.45) is 0. The third-order valence-electron chi connectivity index (χ3n) is 4.58. The van der Waals surface area contributed by atoms with E-state index in [0.717, 1.165) is 53.3 Å². The molecule has 0 aliphatic carbocycles. The number of rotatable bonds is 3. The van der Waals surface area contributed by atoms with Crippen LogP contribution in [0.2, 0.25) is 10.0 Å². The molecule has 1 N–H and O–H groups in total. The molecule has 1 fully saturated rings. The van der Waals surface area contributed by atoms with Crippen molar-refractivity contribution in [2.45, 2.75) is 0 Å². The van der Waals surface area contributed by atoms with Crippen molar-refractivity contribution in [3.8, 4) is 11.3 Å². The fourth-order valence-corrected chi connectivity index (χ4v) is 4.51. The third-order valence-corrected chi connectivity index (χ3v) is 6.43. The van der Waals surface area contributed by atoms with Crippen LogP contribution in [0.15, 0.2) is 53.9 Å². The Kier molecular flexibility index (Phi) is 6.01. The zero-order chi connectivity index (χ0) is 19.5. The molecule has 0 amide bonds. The Hall–Kier alpha value is -1.86. The topological polar surface area (TPSA) is 31.4 Å². The fourth-order valence-electron chi connectivity index (χ4n) is 3.02. The lowest BCUT2D eigenvalue weighted by molar-refractivity contribution is 0.390. The Morgan fingerprint density at radius 3 is 2.43 bits per heavy atom. The number of nitrogens with one attached hydrogen (secondary N) is 1. The van der Waals surface area contributed by atoms with Gasteiger partial charge in [-0.15, -0.1) is 11.3 Å². The Bertz CT molecular complexity index is 966. The van der Waals surface area contributed by atoms with Crippen LogP contribution in [0, 0.1) is 0 Å². The molecular weight excluding hydrogens is 431 g/mol. The first-order valence-corrected chi connectivity index (χ1v) is 10.9. The highest BCUT2D eigenvalue weighted by Crippen LogP contribution is 2.29. The normalized spacial score (nSPS) is 14.2. The number of piperazine rings is 1. The van der Waals surface area contributed by atoms with E-state index in [-0.39, 0.29) is 0 Å². The number of hydrogen-bond donors (Lipinski definition) is 1. The molecule has 1 aromatic heterocycles. The highest BCUT2D eigenvalue weighted by atomic mass is 35.5. The SMILES string of the molecule is S=C(Nc1ccccc1Cl)N1CCN(c2nc(-c3ccc(Cl)cc3)cs2)CC1. The van der Waals surface area contributed by atoms with Crippen LogP contribution in [0.3, 0.4) is 0 Å². The summed E-state index contributed by atoms with van der Waals surface area (Å²) in [7, 11) is 0. The van der Waals surface area contributed by atoms with Crippen molar-refractivity contribution < 1.29 is 0 Å². The lowest BCUT2D eigenvalue weighted by Gasteiger charge is -2.36. The summed E-state index contributed by atoms with van der Waals surface area (Å²) < 4.78 is 0. The zero-order valence-electron chi connectivity index (χ0n) is 14.9. The molecule has 4 nitrogen and oxygen atoms in total. The van der Waals surface area contributed by atoms with Crippen LogP contribution in [0.25, 0.3) is 11.3 Å². The molecule has 0 unspecified atom stereocenters. The van der Waals surface area contributed by atoms with E-state index in [4.69, 9.17) is 40.4 Å². The quantitative estimate of drug-likeness (QED) is 0.524. The summed E-state index contributed by atoms with van der Waals surface area (Å²) in [5, 5.41) is 8.48. The van der Waals surface area contributed by atoms with Crippen LogP contribution < -0.4 is 10.2 Å². The summed E-state index contributed by atoms with van der Waals surface area (Å²) >= 11 is 19.4. The van der Waals surface area contributed by atoms with Gasteiger partial charge < -0.3 is 15.1 Å². The van der Waals surface area contributed by atoms with Gasteiger partial charge in [0.15, 0.2) is 10.2 Å². The van der Waals surface area contributed by atoms with Crippen LogP contribution in [-0.4, -0.2) is 41.2 Å². The Balaban J connectivity index is 1.36. The lowest BCUT2D eigenvalue weighted by atomic mass is 10.2. The molecule has 4 rings (SSSR count). The smallest absolute Gasteiger partial charge is 0.185 e. The number of anilines is 2. The monoisotopic (exact) mass is 448 g/mol. The highest BCUT2D eigenvalue weighted by Gasteiger charge is 2.21. The Morgan fingerprint density at radius 1 is 1.00 bits per heavy atom. The molecule has 8 heteroatoms. The predicted octanol–water partition coefficient (Wildman–Crippen LogP) is 5.64. The van der Waals surface area contributed by atoms with Crippen LogP contribution in [0.1, 0.15) is 0 Å². The standard InChI is InChI=1S/C20H18Cl2N4S2/c21-15-7-5-14(6-8-15)18-13-28-20(24-18)26-11-9-25(10-12-26)19(27)23-17-4-2-1-3-16(17)22/h1-8,13H,9-12H2,(H,23,27). The maximum atomic E-state index is 6.21. The van der Waals surface area contributed by atoms with Gasteiger partial charge in [-0.25, -0.2) is 4.98 Å². The maximum Gasteiger partial charge on any atom is 0.185 e. The number of aromatic nitrogens is 1. The second kappa shape index (κ2) is 8.66. The van der Waals surface area contributed by atoms with E-state index in [9.17, 15) is 0 Å². The van der Waals surface area contributed by atoms with Gasteiger partial charge in [0, 0.05) is 42.1 Å². The van der Waals surface area contributed by atoms with E-state index in [1.54, 1.807) is 11.3 Å². The summed E-state index contributed by atoms with van der Waals surface area (Å²) in [6, 6.07) is 15.4. The molecule has 0 radical (unpaired) electrons. The molecule has 1 aliphatic rings. The molecule has 0 atom stereocenters. The first-order chi connectivity index (χ1) is 13.6. The molecule has 0 saturated carbocycles. The molecule has 2 heterocycles. The minimum atomic E-state index is 0.668. The van der Waals surface area contributed by atoms with Crippen LogP contribution in [-0.2, 0) is 0 Å². The number of hydrogen-bond acceptors (Lipinski definition) is 4. The van der Waals surface area contributed by atoms with E-state index >= 15 is 0 Å². The van der Waals surface area contributed by atoms with Crippen molar-refractivity contribution in [3.63, 3.8) is 0 Å². The molecule has 28 heavy (non-hydrogen) atoms. The fraction of sp³-hybridized carbons (Fsp3) is 0.200. The second-order valence-corrected chi connectivity index (χ2v) is 8.47. The van der Waals surface area contributed by atoms with Crippen molar-refractivity contribution >= 4 is 62.7 Å². The van der Waals surface area contributed by atoms with Crippen molar-refractivity contribution in [1.29, 1.82) is 0 Å². The molecule has 0 bridgehead atoms. The molecule has 1 aliphatic heterocycles. The van der Waals surface area contributed by atoms with Crippen molar-refractivity contribution in [2.75, 3.05) is 36.4 Å². The van der Waals surface area contributed by atoms with Crippen molar-refractivity contribution in [2.24, 2.45) is 0 Å². The minimum Gasteiger partial charge on any atom is -0.345 e. The molecule has 2 aromatic carbocycles. The average Bonchev–Trinajstić information content (AvgIpc) is 3.20. The molecule has 1 saturated heterocycles. The van der Waals surface area contributed by atoms with Gasteiger partial charge in [0.05, 0.1) is 16.4 Å². The molecule has 0 spiro atoms. The van der Waals surface area contributed by atoms with E-state index in [0.29, 0.717) is 10.1 Å². The first-order valence-electron chi connectivity index (χ1n) is 8.87. The summed E-state index contributed by atoms with van der Waals surface area (Å²) in [4.78, 5) is 9.27. The van der Waals surface area contributed by atoms with Gasteiger partial charge in [0.25, 0.3) is 0 Å². The van der Waals surface area contributed by atoms with Gasteiger partial charge in [0.2, 0.25) is 0 Å².